The van der Waals surface area contributed by atoms with Gasteiger partial charge in [-0.05, 0) is 30.0 Å². The van der Waals surface area contributed by atoms with Gasteiger partial charge in [-0.1, -0.05) is 19.1 Å². The number of hydrogen-bond donors (Lipinski definition) is 2. The van der Waals surface area contributed by atoms with Crippen molar-refractivity contribution in [1.29, 1.82) is 0 Å². The van der Waals surface area contributed by atoms with Gasteiger partial charge in [0.25, 0.3) is 0 Å². The van der Waals surface area contributed by atoms with E-state index >= 15 is 0 Å². The lowest BCUT2D eigenvalue weighted by molar-refractivity contribution is -0.131. The van der Waals surface area contributed by atoms with E-state index in [0.717, 1.165) is 12.0 Å². The molecule has 0 radical (unpaired) electrons. The first-order valence-electron chi connectivity index (χ1n) is 5.90. The highest BCUT2D eigenvalue weighted by Gasteiger charge is 2.30. The summed E-state index contributed by atoms with van der Waals surface area (Å²) in [5.41, 5.74) is 7.39. The standard InChI is InChI=1S/C13H18N2O2/c1-9-5-6-17-12(9)13(16)15-8-10-3-2-4-11(14)7-10/h2-4,7,9,12H,5-6,8,14H2,1H3,(H,15,16). The molecule has 1 aromatic carbocycles. The van der Waals surface area contributed by atoms with Gasteiger partial charge in [-0.25, -0.2) is 0 Å². The topological polar surface area (TPSA) is 64.3 Å². The minimum atomic E-state index is -0.295. The molecule has 0 bridgehead atoms. The minimum Gasteiger partial charge on any atom is -0.399 e. The molecule has 0 aromatic heterocycles. The van der Waals surface area contributed by atoms with Crippen LogP contribution in [0.5, 0.6) is 0 Å². The van der Waals surface area contributed by atoms with Crippen LogP contribution in [0.4, 0.5) is 5.69 Å². The molecule has 1 aromatic rings. The Morgan fingerprint density at radius 3 is 3.06 bits per heavy atom. The van der Waals surface area contributed by atoms with Gasteiger partial charge < -0.3 is 15.8 Å². The molecule has 2 rings (SSSR count). The summed E-state index contributed by atoms with van der Waals surface area (Å²) in [5.74, 6) is 0.272. The molecule has 1 amide bonds. The van der Waals surface area contributed by atoms with Gasteiger partial charge in [0.1, 0.15) is 6.10 Å². The van der Waals surface area contributed by atoms with Crippen molar-refractivity contribution in [3.63, 3.8) is 0 Å². The minimum absolute atomic E-state index is 0.0302. The predicted molar refractivity (Wildman–Crippen MR) is 66.2 cm³/mol. The summed E-state index contributed by atoms with van der Waals surface area (Å²) < 4.78 is 5.40. The smallest absolute Gasteiger partial charge is 0.249 e. The van der Waals surface area contributed by atoms with Gasteiger partial charge in [-0.3, -0.25) is 4.79 Å². The highest BCUT2D eigenvalue weighted by atomic mass is 16.5. The summed E-state index contributed by atoms with van der Waals surface area (Å²) in [6, 6.07) is 7.51. The van der Waals surface area contributed by atoms with Gasteiger partial charge in [-0.15, -0.1) is 0 Å². The fourth-order valence-corrected chi connectivity index (χ4v) is 2.02. The maximum absolute atomic E-state index is 11.8. The quantitative estimate of drug-likeness (QED) is 0.775. The second-order valence-electron chi connectivity index (χ2n) is 4.52. The highest BCUT2D eigenvalue weighted by Crippen LogP contribution is 2.20. The normalized spacial score (nSPS) is 23.6. The van der Waals surface area contributed by atoms with Crippen LogP contribution < -0.4 is 11.1 Å². The predicted octanol–water partition coefficient (Wildman–Crippen LogP) is 1.31. The number of hydrogen-bond acceptors (Lipinski definition) is 3. The first kappa shape index (κ1) is 11.9. The van der Waals surface area contributed by atoms with Crippen LogP contribution in [0.2, 0.25) is 0 Å². The molecule has 0 spiro atoms. The molecule has 2 unspecified atom stereocenters. The number of rotatable bonds is 3. The van der Waals surface area contributed by atoms with E-state index in [-0.39, 0.29) is 12.0 Å². The third kappa shape index (κ3) is 2.97. The van der Waals surface area contributed by atoms with Crippen LogP contribution >= 0.6 is 0 Å². The molecule has 0 aliphatic carbocycles. The molecule has 1 fully saturated rings. The molecule has 4 heteroatoms. The first-order valence-corrected chi connectivity index (χ1v) is 5.90. The van der Waals surface area contributed by atoms with Crippen molar-refractivity contribution >= 4 is 11.6 Å². The monoisotopic (exact) mass is 234 g/mol. The van der Waals surface area contributed by atoms with Gasteiger partial charge >= 0.3 is 0 Å². The maximum atomic E-state index is 11.8. The molecule has 3 N–H and O–H groups in total. The number of carbonyl (C=O) groups is 1. The first-order chi connectivity index (χ1) is 8.16. The zero-order valence-corrected chi connectivity index (χ0v) is 9.98. The SMILES string of the molecule is CC1CCOC1C(=O)NCc1cccc(N)c1. The molecule has 1 aliphatic rings. The third-order valence-electron chi connectivity index (χ3n) is 3.06. The lowest BCUT2D eigenvalue weighted by atomic mass is 10.0. The number of anilines is 1. The Kier molecular flexibility index (Phi) is 3.64. The van der Waals surface area contributed by atoms with Crippen molar-refractivity contribution < 1.29 is 9.53 Å². The molecule has 4 nitrogen and oxygen atoms in total. The van der Waals surface area contributed by atoms with Crippen LogP contribution in [0.3, 0.4) is 0 Å². The number of nitrogen functional groups attached to an aromatic ring is 1. The second kappa shape index (κ2) is 5.19. The van der Waals surface area contributed by atoms with Crippen LogP contribution in [0.1, 0.15) is 18.9 Å². The number of nitrogens with two attached hydrogens (primary N) is 1. The van der Waals surface area contributed by atoms with Gasteiger partial charge in [0.15, 0.2) is 0 Å². The maximum Gasteiger partial charge on any atom is 0.249 e. The summed E-state index contributed by atoms with van der Waals surface area (Å²) >= 11 is 0. The Labute approximate surface area is 101 Å². The molecule has 1 saturated heterocycles. The summed E-state index contributed by atoms with van der Waals surface area (Å²) in [5, 5.41) is 2.88. The number of benzene rings is 1. The molecule has 1 aliphatic heterocycles. The third-order valence-corrected chi connectivity index (χ3v) is 3.06. The van der Waals surface area contributed by atoms with E-state index in [9.17, 15) is 4.79 Å². The Hall–Kier alpha value is -1.55. The Bertz CT molecular complexity index is 406. The lowest BCUT2D eigenvalue weighted by Crippen LogP contribution is -2.36. The van der Waals surface area contributed by atoms with Crippen molar-refractivity contribution in [2.75, 3.05) is 12.3 Å². The zero-order chi connectivity index (χ0) is 12.3. The van der Waals surface area contributed by atoms with E-state index in [4.69, 9.17) is 10.5 Å². The van der Waals surface area contributed by atoms with Gasteiger partial charge in [0.2, 0.25) is 5.91 Å². The Morgan fingerprint density at radius 1 is 1.59 bits per heavy atom. The van der Waals surface area contributed by atoms with Gasteiger partial charge in [0.05, 0.1) is 0 Å². The fraction of sp³-hybridized carbons (Fsp3) is 0.462. The van der Waals surface area contributed by atoms with Gasteiger partial charge in [-0.2, -0.15) is 0 Å². The van der Waals surface area contributed by atoms with Crippen LogP contribution in [-0.2, 0) is 16.1 Å². The molecule has 1 heterocycles. The lowest BCUT2D eigenvalue weighted by Gasteiger charge is -2.14. The summed E-state index contributed by atoms with van der Waals surface area (Å²) in [6.07, 6.45) is 0.659. The van der Waals surface area contributed by atoms with Crippen molar-refractivity contribution in [3.8, 4) is 0 Å². The number of amides is 1. The average molecular weight is 234 g/mol. The highest BCUT2D eigenvalue weighted by molar-refractivity contribution is 5.81. The van der Waals surface area contributed by atoms with Crippen molar-refractivity contribution in [2.45, 2.75) is 26.0 Å². The molecular weight excluding hydrogens is 216 g/mol. The van der Waals surface area contributed by atoms with E-state index in [2.05, 4.69) is 5.32 Å². The summed E-state index contributed by atoms with van der Waals surface area (Å²) in [4.78, 5) is 11.8. The Morgan fingerprint density at radius 2 is 2.41 bits per heavy atom. The molecule has 2 atom stereocenters. The van der Waals surface area contributed by atoms with Crippen LogP contribution in [-0.4, -0.2) is 18.6 Å². The van der Waals surface area contributed by atoms with E-state index in [1.807, 2.05) is 31.2 Å². The zero-order valence-electron chi connectivity index (χ0n) is 9.98. The van der Waals surface area contributed by atoms with Gasteiger partial charge in [0, 0.05) is 18.8 Å². The fourth-order valence-electron chi connectivity index (χ4n) is 2.02. The van der Waals surface area contributed by atoms with E-state index in [1.54, 1.807) is 0 Å². The second-order valence-corrected chi connectivity index (χ2v) is 4.52. The number of carbonyl (C=O) groups excluding carboxylic acids is 1. The summed E-state index contributed by atoms with van der Waals surface area (Å²) in [7, 11) is 0. The van der Waals surface area contributed by atoms with Crippen molar-refractivity contribution in [3.05, 3.63) is 29.8 Å². The number of ether oxygens (including phenoxy) is 1. The van der Waals surface area contributed by atoms with E-state index in [1.165, 1.54) is 0 Å². The van der Waals surface area contributed by atoms with Crippen LogP contribution in [0, 0.1) is 5.92 Å². The Balaban J connectivity index is 1.88. The molecule has 17 heavy (non-hydrogen) atoms. The molecule has 92 valence electrons. The van der Waals surface area contributed by atoms with Crippen LogP contribution in [0.15, 0.2) is 24.3 Å². The molecular formula is C13H18N2O2. The van der Waals surface area contributed by atoms with Crippen LogP contribution in [0.25, 0.3) is 0 Å². The number of nitrogens with one attached hydrogen (secondary N) is 1. The largest absolute Gasteiger partial charge is 0.399 e. The summed E-state index contributed by atoms with van der Waals surface area (Å²) in [6.45, 7) is 3.21. The van der Waals surface area contributed by atoms with E-state index < -0.39 is 0 Å². The average Bonchev–Trinajstić information content (AvgIpc) is 2.72. The van der Waals surface area contributed by atoms with Crippen molar-refractivity contribution in [1.82, 2.24) is 5.32 Å². The molecule has 0 saturated carbocycles. The van der Waals surface area contributed by atoms with E-state index in [0.29, 0.717) is 24.8 Å². The van der Waals surface area contributed by atoms with Crippen molar-refractivity contribution in [2.24, 2.45) is 5.92 Å².